The largest absolute Gasteiger partial charge is 0.443 e. The van der Waals surface area contributed by atoms with Gasteiger partial charge in [-0.05, 0) is 83.2 Å². The van der Waals surface area contributed by atoms with Crippen LogP contribution >= 0.6 is 0 Å². The van der Waals surface area contributed by atoms with Crippen molar-refractivity contribution < 1.29 is 19.0 Å². The molecule has 0 aliphatic carbocycles. The zero-order chi connectivity index (χ0) is 23.1. The molecule has 0 bridgehead atoms. The summed E-state index contributed by atoms with van der Waals surface area (Å²) in [5, 5.41) is 0. The van der Waals surface area contributed by atoms with Crippen LogP contribution in [0.3, 0.4) is 0 Å². The molecule has 0 saturated carbocycles. The average Bonchev–Trinajstić information content (AvgIpc) is 2.99. The lowest BCUT2D eigenvalue weighted by molar-refractivity contribution is -0.0101. The van der Waals surface area contributed by atoms with Gasteiger partial charge in [-0.2, -0.15) is 0 Å². The van der Waals surface area contributed by atoms with Crippen molar-refractivity contribution in [2.24, 2.45) is 0 Å². The number of ether oxygens (including phenoxy) is 3. The van der Waals surface area contributed by atoms with Crippen LogP contribution in [-0.2, 0) is 32.7 Å². The molecule has 172 valence electrons. The van der Waals surface area contributed by atoms with Gasteiger partial charge in [0.1, 0.15) is 11.4 Å². The van der Waals surface area contributed by atoms with E-state index in [1.165, 1.54) is 0 Å². The maximum absolute atomic E-state index is 13.3. The number of hydrogen-bond acceptors (Lipinski definition) is 5. The van der Waals surface area contributed by atoms with E-state index in [9.17, 15) is 4.79 Å². The van der Waals surface area contributed by atoms with Crippen molar-refractivity contribution in [2.75, 3.05) is 11.5 Å². The summed E-state index contributed by atoms with van der Waals surface area (Å²) in [5.74, 6) is 0.641. The van der Waals surface area contributed by atoms with E-state index in [1.54, 1.807) is 11.1 Å². The Bertz CT molecular complexity index is 998. The van der Waals surface area contributed by atoms with Crippen LogP contribution in [0.15, 0.2) is 36.5 Å². The Morgan fingerprint density at radius 2 is 1.97 bits per heavy atom. The number of amides is 1. The minimum Gasteiger partial charge on any atom is -0.443 e. The highest BCUT2D eigenvalue weighted by atomic mass is 16.6. The molecule has 2 atom stereocenters. The van der Waals surface area contributed by atoms with Gasteiger partial charge < -0.3 is 14.2 Å². The van der Waals surface area contributed by atoms with Crippen molar-refractivity contribution in [3.63, 3.8) is 0 Å². The van der Waals surface area contributed by atoms with Crippen LogP contribution in [0.1, 0.15) is 64.7 Å². The SMILES string of the molecule is CC(C)OC1COC(C)(c2ccc3c(c2)CCc2cccnc2N3C(=O)OC(C)(C)C)C1. The van der Waals surface area contributed by atoms with E-state index in [-0.39, 0.29) is 12.2 Å². The molecule has 2 aromatic rings. The summed E-state index contributed by atoms with van der Waals surface area (Å²) < 4.78 is 18.0. The van der Waals surface area contributed by atoms with Crippen molar-refractivity contribution >= 4 is 17.6 Å². The van der Waals surface area contributed by atoms with E-state index in [1.807, 2.05) is 39.0 Å². The van der Waals surface area contributed by atoms with Gasteiger partial charge in [0, 0.05) is 12.6 Å². The molecule has 6 nitrogen and oxygen atoms in total. The number of carbonyl (C=O) groups is 1. The second-order valence-corrected chi connectivity index (χ2v) is 10.2. The second kappa shape index (κ2) is 8.49. The van der Waals surface area contributed by atoms with Gasteiger partial charge in [-0.15, -0.1) is 0 Å². The Morgan fingerprint density at radius 1 is 1.22 bits per heavy atom. The molecular weight excluding hydrogens is 404 g/mol. The first-order chi connectivity index (χ1) is 15.1. The van der Waals surface area contributed by atoms with Crippen molar-refractivity contribution in [2.45, 2.75) is 84.2 Å². The Balaban J connectivity index is 1.71. The van der Waals surface area contributed by atoms with Gasteiger partial charge in [0.15, 0.2) is 0 Å². The molecule has 2 aliphatic heterocycles. The first kappa shape index (κ1) is 22.7. The summed E-state index contributed by atoms with van der Waals surface area (Å²) in [7, 11) is 0. The molecule has 1 aromatic heterocycles. The highest BCUT2D eigenvalue weighted by Crippen LogP contribution is 2.42. The summed E-state index contributed by atoms with van der Waals surface area (Å²) in [6, 6.07) is 10.2. The molecule has 1 aromatic carbocycles. The second-order valence-electron chi connectivity index (χ2n) is 10.2. The van der Waals surface area contributed by atoms with E-state index in [0.29, 0.717) is 12.4 Å². The molecule has 0 spiro atoms. The summed E-state index contributed by atoms with van der Waals surface area (Å²) in [4.78, 5) is 19.4. The van der Waals surface area contributed by atoms with Gasteiger partial charge in [-0.3, -0.25) is 0 Å². The third kappa shape index (κ3) is 4.66. The van der Waals surface area contributed by atoms with Gasteiger partial charge in [0.2, 0.25) is 0 Å². The van der Waals surface area contributed by atoms with Gasteiger partial charge in [0.25, 0.3) is 0 Å². The fraction of sp³-hybridized carbons (Fsp3) is 0.538. The highest BCUT2D eigenvalue weighted by molar-refractivity contribution is 5.97. The molecule has 1 amide bonds. The van der Waals surface area contributed by atoms with Gasteiger partial charge in [-0.25, -0.2) is 14.7 Å². The zero-order valence-corrected chi connectivity index (χ0v) is 20.0. The van der Waals surface area contributed by atoms with E-state index in [2.05, 4.69) is 37.9 Å². The topological polar surface area (TPSA) is 60.9 Å². The Labute approximate surface area is 190 Å². The van der Waals surface area contributed by atoms with Gasteiger partial charge >= 0.3 is 6.09 Å². The molecule has 2 unspecified atom stereocenters. The first-order valence-electron chi connectivity index (χ1n) is 11.5. The third-order valence-electron chi connectivity index (χ3n) is 5.92. The Morgan fingerprint density at radius 3 is 2.69 bits per heavy atom. The average molecular weight is 439 g/mol. The third-order valence-corrected chi connectivity index (χ3v) is 5.92. The highest BCUT2D eigenvalue weighted by Gasteiger charge is 2.40. The molecule has 4 rings (SSSR count). The monoisotopic (exact) mass is 438 g/mol. The van der Waals surface area contributed by atoms with E-state index < -0.39 is 17.3 Å². The molecular formula is C26H34N2O4. The molecule has 6 heteroatoms. The predicted molar refractivity (Wildman–Crippen MR) is 124 cm³/mol. The van der Waals surface area contributed by atoms with Crippen LogP contribution in [0.2, 0.25) is 0 Å². The lowest BCUT2D eigenvalue weighted by atomic mass is 9.89. The maximum Gasteiger partial charge on any atom is 0.420 e. The van der Waals surface area contributed by atoms with Crippen molar-refractivity contribution in [1.82, 2.24) is 4.98 Å². The fourth-order valence-electron chi connectivity index (χ4n) is 4.54. The quantitative estimate of drug-likeness (QED) is 0.617. The van der Waals surface area contributed by atoms with Crippen LogP contribution in [0.4, 0.5) is 16.3 Å². The summed E-state index contributed by atoms with van der Waals surface area (Å²) in [6.07, 6.45) is 3.98. The molecule has 0 N–H and O–H groups in total. The lowest BCUT2D eigenvalue weighted by Crippen LogP contribution is -2.35. The van der Waals surface area contributed by atoms with Crippen molar-refractivity contribution in [1.29, 1.82) is 0 Å². The number of fused-ring (bicyclic) bond motifs is 2. The number of aryl methyl sites for hydroxylation is 2. The van der Waals surface area contributed by atoms with Gasteiger partial charge in [0.05, 0.1) is 30.1 Å². The number of nitrogens with zero attached hydrogens (tertiary/aromatic N) is 2. The zero-order valence-electron chi connectivity index (χ0n) is 20.0. The molecule has 32 heavy (non-hydrogen) atoms. The van der Waals surface area contributed by atoms with Crippen LogP contribution < -0.4 is 4.90 Å². The van der Waals surface area contributed by atoms with E-state index >= 15 is 0 Å². The predicted octanol–water partition coefficient (Wildman–Crippen LogP) is 5.68. The number of carbonyl (C=O) groups excluding carboxylic acids is 1. The number of aromatic nitrogens is 1. The minimum absolute atomic E-state index is 0.0885. The summed E-state index contributed by atoms with van der Waals surface area (Å²) in [6.45, 7) is 12.4. The Hall–Kier alpha value is -2.44. The first-order valence-corrected chi connectivity index (χ1v) is 11.5. The van der Waals surface area contributed by atoms with Gasteiger partial charge in [-0.1, -0.05) is 18.2 Å². The fourth-order valence-corrected chi connectivity index (χ4v) is 4.54. The van der Waals surface area contributed by atoms with Crippen molar-refractivity contribution in [3.05, 3.63) is 53.2 Å². The van der Waals surface area contributed by atoms with Crippen LogP contribution in [0, 0.1) is 0 Å². The molecule has 3 heterocycles. The number of hydrogen-bond donors (Lipinski definition) is 0. The molecule has 1 fully saturated rings. The Kier molecular flexibility index (Phi) is 6.03. The molecule has 2 aliphatic rings. The summed E-state index contributed by atoms with van der Waals surface area (Å²) >= 11 is 0. The van der Waals surface area contributed by atoms with E-state index in [0.717, 1.165) is 41.6 Å². The molecule has 1 saturated heterocycles. The van der Waals surface area contributed by atoms with E-state index in [4.69, 9.17) is 14.2 Å². The minimum atomic E-state index is -0.602. The maximum atomic E-state index is 13.3. The number of pyridine rings is 1. The summed E-state index contributed by atoms with van der Waals surface area (Å²) in [5.41, 5.74) is 3.03. The smallest absolute Gasteiger partial charge is 0.420 e. The van der Waals surface area contributed by atoms with Crippen molar-refractivity contribution in [3.8, 4) is 0 Å². The lowest BCUT2D eigenvalue weighted by Gasteiger charge is -2.29. The molecule has 0 radical (unpaired) electrons. The number of rotatable bonds is 3. The normalized spacial score (nSPS) is 23.0. The number of benzene rings is 1. The van der Waals surface area contributed by atoms with Crippen LogP contribution in [0.25, 0.3) is 0 Å². The standard InChI is InChI=1S/C26H34N2O4/c1-17(2)31-21-15-26(6,30-16-21)20-11-12-22-19(14-20)10-9-18-8-7-13-27-23(18)28(22)24(29)32-25(3,4)5/h7-8,11-14,17,21H,9-10,15-16H2,1-6H3. The van der Waals surface area contributed by atoms with Crippen LogP contribution in [-0.4, -0.2) is 35.5 Å². The van der Waals surface area contributed by atoms with Crippen LogP contribution in [0.5, 0.6) is 0 Å². The number of anilines is 2.